The number of halogens is 4. The minimum absolute atomic E-state index is 0.304. The van der Waals surface area contributed by atoms with E-state index in [0.29, 0.717) is 6.20 Å². The molecular formula is C12H12F4N2O. The zero-order valence-electron chi connectivity index (χ0n) is 10.3. The zero-order valence-corrected chi connectivity index (χ0v) is 10.3. The second kappa shape index (κ2) is 5.73. The summed E-state index contributed by atoms with van der Waals surface area (Å²) in [7, 11) is 2.70. The van der Waals surface area contributed by atoms with Crippen molar-refractivity contribution in [3.05, 3.63) is 41.9 Å². The molecule has 0 saturated carbocycles. The predicted octanol–water partition coefficient (Wildman–Crippen LogP) is 2.77. The smallest absolute Gasteiger partial charge is 0.383 e. The third-order valence-corrected chi connectivity index (χ3v) is 2.06. The zero-order chi connectivity index (χ0) is 14.6. The van der Waals surface area contributed by atoms with Crippen LogP contribution in [0, 0.1) is 5.82 Å². The summed E-state index contributed by atoms with van der Waals surface area (Å²) in [6.45, 7) is 0. The molecule has 1 amide bonds. The lowest BCUT2D eigenvalue weighted by molar-refractivity contribution is -0.126. The van der Waals surface area contributed by atoms with Crippen LogP contribution >= 0.6 is 0 Å². The molecule has 0 aliphatic carbocycles. The van der Waals surface area contributed by atoms with E-state index < -0.39 is 23.5 Å². The Kier molecular flexibility index (Phi) is 4.52. The van der Waals surface area contributed by atoms with Crippen molar-refractivity contribution < 1.29 is 22.4 Å². The van der Waals surface area contributed by atoms with Crippen LogP contribution in [-0.4, -0.2) is 31.1 Å². The van der Waals surface area contributed by atoms with Crippen LogP contribution in [0.2, 0.25) is 0 Å². The van der Waals surface area contributed by atoms with Gasteiger partial charge in [-0.2, -0.15) is 13.2 Å². The van der Waals surface area contributed by atoms with Crippen molar-refractivity contribution in [1.82, 2.24) is 4.90 Å². The van der Waals surface area contributed by atoms with Crippen LogP contribution in [0.25, 0.3) is 0 Å². The van der Waals surface area contributed by atoms with Gasteiger partial charge in [0.15, 0.2) is 0 Å². The summed E-state index contributed by atoms with van der Waals surface area (Å²) in [5.41, 5.74) is -1.71. The van der Waals surface area contributed by atoms with E-state index >= 15 is 0 Å². The number of hydrogen-bond acceptors (Lipinski definition) is 2. The highest BCUT2D eigenvalue weighted by Crippen LogP contribution is 2.27. The summed E-state index contributed by atoms with van der Waals surface area (Å²) in [5.74, 6) is -2.21. The van der Waals surface area contributed by atoms with Crippen molar-refractivity contribution in [3.8, 4) is 0 Å². The monoisotopic (exact) mass is 276 g/mol. The Morgan fingerprint density at radius 3 is 2.32 bits per heavy atom. The number of nitrogens with zero attached hydrogens (tertiary/aromatic N) is 1. The largest absolute Gasteiger partial charge is 0.423 e. The van der Waals surface area contributed by atoms with Gasteiger partial charge in [0.2, 0.25) is 0 Å². The van der Waals surface area contributed by atoms with Gasteiger partial charge < -0.3 is 10.2 Å². The summed E-state index contributed by atoms with van der Waals surface area (Å²) in [4.78, 5) is 12.6. The highest BCUT2D eigenvalue weighted by atomic mass is 19.4. The van der Waals surface area contributed by atoms with Gasteiger partial charge in [-0.3, -0.25) is 4.79 Å². The van der Waals surface area contributed by atoms with Gasteiger partial charge in [-0.15, -0.1) is 0 Å². The van der Waals surface area contributed by atoms with Gasteiger partial charge in [-0.05, 0) is 12.1 Å². The summed E-state index contributed by atoms with van der Waals surface area (Å²) in [6.07, 6.45) is -4.18. The first-order valence-corrected chi connectivity index (χ1v) is 5.23. The Hall–Kier alpha value is -2.05. The van der Waals surface area contributed by atoms with Crippen LogP contribution in [-0.2, 0) is 4.79 Å². The van der Waals surface area contributed by atoms with Crippen molar-refractivity contribution in [2.45, 2.75) is 6.18 Å². The average Bonchev–Trinajstić information content (AvgIpc) is 2.27. The Bertz CT molecular complexity index is 495. The SMILES string of the molecule is CN(C)C=C(C(=O)Nc1ccccc1F)C(F)(F)F. The minimum Gasteiger partial charge on any atom is -0.383 e. The van der Waals surface area contributed by atoms with Crippen molar-refractivity contribution in [2.24, 2.45) is 0 Å². The second-order valence-corrected chi connectivity index (χ2v) is 3.94. The van der Waals surface area contributed by atoms with Crippen LogP contribution in [0.5, 0.6) is 0 Å². The van der Waals surface area contributed by atoms with Gasteiger partial charge in [0.05, 0.1) is 5.69 Å². The third kappa shape index (κ3) is 4.27. The number of amides is 1. The molecule has 0 spiro atoms. The van der Waals surface area contributed by atoms with E-state index in [2.05, 4.69) is 0 Å². The molecule has 19 heavy (non-hydrogen) atoms. The molecule has 7 heteroatoms. The number of nitrogens with one attached hydrogen (secondary N) is 1. The fourth-order valence-corrected chi connectivity index (χ4v) is 1.27. The van der Waals surface area contributed by atoms with E-state index in [9.17, 15) is 22.4 Å². The maximum absolute atomic E-state index is 13.2. The molecule has 0 aliphatic rings. The Morgan fingerprint density at radius 1 is 1.26 bits per heavy atom. The molecule has 1 N–H and O–H groups in total. The number of anilines is 1. The quantitative estimate of drug-likeness (QED) is 0.680. The van der Waals surface area contributed by atoms with Crippen LogP contribution < -0.4 is 5.32 Å². The van der Waals surface area contributed by atoms with E-state index in [0.717, 1.165) is 11.0 Å². The van der Waals surface area contributed by atoms with E-state index in [1.165, 1.54) is 32.3 Å². The van der Waals surface area contributed by atoms with Gasteiger partial charge in [0.25, 0.3) is 5.91 Å². The number of carbonyl (C=O) groups is 1. The molecule has 1 aromatic rings. The van der Waals surface area contributed by atoms with Gasteiger partial charge in [-0.1, -0.05) is 12.1 Å². The predicted molar refractivity (Wildman–Crippen MR) is 62.9 cm³/mol. The third-order valence-electron chi connectivity index (χ3n) is 2.06. The van der Waals surface area contributed by atoms with Crippen molar-refractivity contribution in [2.75, 3.05) is 19.4 Å². The number of rotatable bonds is 3. The summed E-state index contributed by atoms with van der Waals surface area (Å²) < 4.78 is 51.3. The summed E-state index contributed by atoms with van der Waals surface area (Å²) in [6, 6.07) is 4.99. The Labute approximate surface area is 107 Å². The molecule has 1 rings (SSSR count). The molecule has 0 heterocycles. The first-order valence-electron chi connectivity index (χ1n) is 5.23. The number of carbonyl (C=O) groups excluding carboxylic acids is 1. The van der Waals surface area contributed by atoms with E-state index in [1.54, 1.807) is 0 Å². The molecular weight excluding hydrogens is 264 g/mol. The lowest BCUT2D eigenvalue weighted by Gasteiger charge is -2.15. The van der Waals surface area contributed by atoms with Crippen LogP contribution in [0.15, 0.2) is 36.0 Å². The van der Waals surface area contributed by atoms with Gasteiger partial charge in [0, 0.05) is 20.3 Å². The number of hydrogen-bond donors (Lipinski definition) is 1. The van der Waals surface area contributed by atoms with E-state index in [1.807, 2.05) is 5.32 Å². The molecule has 104 valence electrons. The molecule has 1 aromatic carbocycles. The molecule has 0 radical (unpaired) electrons. The van der Waals surface area contributed by atoms with Crippen LogP contribution in [0.1, 0.15) is 0 Å². The topological polar surface area (TPSA) is 32.3 Å². The standard InChI is InChI=1S/C12H12F4N2O/c1-18(2)7-8(12(14,15)16)11(19)17-10-6-4-3-5-9(10)13/h3-7H,1-2H3,(H,17,19). The van der Waals surface area contributed by atoms with Gasteiger partial charge in [0.1, 0.15) is 11.4 Å². The van der Waals surface area contributed by atoms with Crippen LogP contribution in [0.4, 0.5) is 23.2 Å². The molecule has 0 atom stereocenters. The molecule has 0 aromatic heterocycles. The normalized spacial score (nSPS) is 12.2. The van der Waals surface area contributed by atoms with Gasteiger partial charge in [-0.25, -0.2) is 4.39 Å². The number of para-hydroxylation sites is 1. The first kappa shape index (κ1) is 15.0. The molecule has 0 unspecified atom stereocenters. The fourth-order valence-electron chi connectivity index (χ4n) is 1.27. The highest BCUT2D eigenvalue weighted by Gasteiger charge is 2.39. The molecule has 0 bridgehead atoms. The summed E-state index contributed by atoms with van der Waals surface area (Å²) >= 11 is 0. The molecule has 0 aliphatic heterocycles. The fraction of sp³-hybridized carbons (Fsp3) is 0.250. The summed E-state index contributed by atoms with van der Waals surface area (Å²) in [5, 5.41) is 1.89. The first-order chi connectivity index (χ1) is 8.71. The highest BCUT2D eigenvalue weighted by molar-refractivity contribution is 6.04. The maximum atomic E-state index is 13.2. The average molecular weight is 276 g/mol. The second-order valence-electron chi connectivity index (χ2n) is 3.94. The maximum Gasteiger partial charge on any atom is 0.423 e. The van der Waals surface area contributed by atoms with Gasteiger partial charge >= 0.3 is 6.18 Å². The molecule has 0 saturated heterocycles. The lowest BCUT2D eigenvalue weighted by atomic mass is 10.2. The molecule has 0 fully saturated rings. The number of benzene rings is 1. The van der Waals surface area contributed by atoms with Crippen LogP contribution in [0.3, 0.4) is 0 Å². The minimum atomic E-state index is -4.82. The van der Waals surface area contributed by atoms with Crippen molar-refractivity contribution in [1.29, 1.82) is 0 Å². The Morgan fingerprint density at radius 2 is 1.84 bits per heavy atom. The van der Waals surface area contributed by atoms with E-state index in [4.69, 9.17) is 0 Å². The molecule has 3 nitrogen and oxygen atoms in total. The van der Waals surface area contributed by atoms with E-state index in [-0.39, 0.29) is 5.69 Å². The lowest BCUT2D eigenvalue weighted by Crippen LogP contribution is -2.27. The van der Waals surface area contributed by atoms with Crippen molar-refractivity contribution in [3.63, 3.8) is 0 Å². The Balaban J connectivity index is 3.00. The number of alkyl halides is 3. The van der Waals surface area contributed by atoms with Crippen molar-refractivity contribution >= 4 is 11.6 Å².